The van der Waals surface area contributed by atoms with Crippen molar-refractivity contribution in [1.29, 1.82) is 0 Å². The van der Waals surface area contributed by atoms with E-state index in [1.54, 1.807) is 0 Å². The lowest BCUT2D eigenvalue weighted by molar-refractivity contribution is -0.178. The minimum Gasteiger partial charge on any atom is -0.481 e. The van der Waals surface area contributed by atoms with Gasteiger partial charge in [0.05, 0.1) is 6.42 Å². The molecule has 7 nitrogen and oxygen atoms in total. The molecule has 0 aliphatic heterocycles. The summed E-state index contributed by atoms with van der Waals surface area (Å²) < 4.78 is 4.33. The van der Waals surface area contributed by atoms with Crippen LogP contribution in [-0.2, 0) is 19.1 Å². The fraction of sp³-hybridized carbons (Fsp3) is 0.571. The van der Waals surface area contributed by atoms with Gasteiger partial charge < -0.3 is 14.9 Å². The van der Waals surface area contributed by atoms with Gasteiger partial charge in [-0.1, -0.05) is 0 Å². The summed E-state index contributed by atoms with van der Waals surface area (Å²) in [5.74, 6) is -3.66. The number of carboxylic acids is 2. The first kappa shape index (κ1) is 12.4. The molecule has 0 amide bonds. The molecule has 0 saturated carbocycles. The summed E-state index contributed by atoms with van der Waals surface area (Å²) in [7, 11) is 0. The molecule has 0 spiro atoms. The fourth-order valence-electron chi connectivity index (χ4n) is 0.751. The molecular formula is C7H11NO6. The van der Waals surface area contributed by atoms with Gasteiger partial charge in [0.1, 0.15) is 0 Å². The van der Waals surface area contributed by atoms with Crippen molar-refractivity contribution in [3.05, 3.63) is 0 Å². The second-order valence-electron chi connectivity index (χ2n) is 2.68. The van der Waals surface area contributed by atoms with Crippen molar-refractivity contribution in [3.8, 4) is 0 Å². The van der Waals surface area contributed by atoms with Gasteiger partial charge in [-0.3, -0.25) is 15.3 Å². The summed E-state index contributed by atoms with van der Waals surface area (Å²) in [6, 6.07) is 0. The Kier molecular flexibility index (Phi) is 4.03. The summed E-state index contributed by atoms with van der Waals surface area (Å²) in [5.41, 5.74) is 2.92. The van der Waals surface area contributed by atoms with Gasteiger partial charge in [-0.2, -0.15) is 0 Å². The topological polar surface area (TPSA) is 127 Å². The van der Waals surface area contributed by atoms with Crippen molar-refractivity contribution in [2.24, 2.45) is 5.73 Å². The van der Waals surface area contributed by atoms with Gasteiger partial charge in [-0.25, -0.2) is 4.79 Å². The Morgan fingerprint density at radius 2 is 1.86 bits per heavy atom. The molecule has 0 heterocycles. The number of aliphatic carboxylic acids is 2. The van der Waals surface area contributed by atoms with Gasteiger partial charge in [-0.05, 0) is 0 Å². The molecule has 0 aliphatic rings. The SMILES string of the molecule is CC(=O)O[C@@](N)(CCC(=O)O)C(=O)O. The van der Waals surface area contributed by atoms with E-state index in [-0.39, 0.29) is 0 Å². The maximum Gasteiger partial charge on any atom is 0.363 e. The number of carboxylic acid groups (broad SMARTS) is 2. The second kappa shape index (κ2) is 4.56. The number of esters is 1. The maximum atomic E-state index is 10.6. The zero-order chi connectivity index (χ0) is 11.4. The van der Waals surface area contributed by atoms with E-state index in [2.05, 4.69) is 4.74 Å². The van der Waals surface area contributed by atoms with Gasteiger partial charge in [0.2, 0.25) is 0 Å². The van der Waals surface area contributed by atoms with Gasteiger partial charge in [-0.15, -0.1) is 0 Å². The van der Waals surface area contributed by atoms with Crippen molar-refractivity contribution in [3.63, 3.8) is 0 Å². The largest absolute Gasteiger partial charge is 0.481 e. The number of nitrogens with two attached hydrogens (primary N) is 1. The van der Waals surface area contributed by atoms with E-state index < -0.39 is 36.5 Å². The third-order valence-corrected chi connectivity index (χ3v) is 1.40. The van der Waals surface area contributed by atoms with Crippen LogP contribution in [0.4, 0.5) is 0 Å². The normalized spacial score (nSPS) is 14.1. The lowest BCUT2D eigenvalue weighted by atomic mass is 10.1. The molecule has 80 valence electrons. The molecule has 0 aromatic heterocycles. The van der Waals surface area contributed by atoms with Crippen LogP contribution < -0.4 is 5.73 Å². The highest BCUT2D eigenvalue weighted by molar-refractivity contribution is 5.81. The van der Waals surface area contributed by atoms with Gasteiger partial charge in [0, 0.05) is 13.3 Å². The van der Waals surface area contributed by atoms with Crippen LogP contribution >= 0.6 is 0 Å². The van der Waals surface area contributed by atoms with Crippen molar-refractivity contribution < 1.29 is 29.3 Å². The maximum absolute atomic E-state index is 10.6. The van der Waals surface area contributed by atoms with Crippen LogP contribution in [0.1, 0.15) is 19.8 Å². The second-order valence-corrected chi connectivity index (χ2v) is 2.68. The molecule has 0 saturated heterocycles. The average molecular weight is 205 g/mol. The van der Waals surface area contributed by atoms with E-state index in [1.807, 2.05) is 0 Å². The van der Waals surface area contributed by atoms with Crippen molar-refractivity contribution in [2.45, 2.75) is 25.5 Å². The molecule has 1 atom stereocenters. The Hall–Kier alpha value is -1.63. The highest BCUT2D eigenvalue weighted by Gasteiger charge is 2.37. The van der Waals surface area contributed by atoms with Crippen LogP contribution in [0, 0.1) is 0 Å². The van der Waals surface area contributed by atoms with E-state index in [0.29, 0.717) is 0 Å². The lowest BCUT2D eigenvalue weighted by Gasteiger charge is -2.22. The minimum atomic E-state index is -2.26. The molecular weight excluding hydrogens is 194 g/mol. The molecule has 4 N–H and O–H groups in total. The summed E-state index contributed by atoms with van der Waals surface area (Å²) in [6.45, 7) is 0.991. The first-order chi connectivity index (χ1) is 6.28. The number of hydrogen-bond donors (Lipinski definition) is 3. The quantitative estimate of drug-likeness (QED) is 0.394. The van der Waals surface area contributed by atoms with E-state index in [9.17, 15) is 14.4 Å². The molecule has 0 fully saturated rings. The first-order valence-corrected chi connectivity index (χ1v) is 3.71. The van der Waals surface area contributed by atoms with E-state index in [4.69, 9.17) is 15.9 Å². The number of rotatable bonds is 5. The van der Waals surface area contributed by atoms with Gasteiger partial charge in [0.25, 0.3) is 5.72 Å². The zero-order valence-corrected chi connectivity index (χ0v) is 7.52. The van der Waals surface area contributed by atoms with Crippen LogP contribution in [-0.4, -0.2) is 33.8 Å². The number of ether oxygens (including phenoxy) is 1. The molecule has 0 aromatic rings. The van der Waals surface area contributed by atoms with Crippen LogP contribution in [0.25, 0.3) is 0 Å². The zero-order valence-electron chi connectivity index (χ0n) is 7.52. The monoisotopic (exact) mass is 205 g/mol. The summed E-state index contributed by atoms with van der Waals surface area (Å²) in [4.78, 5) is 31.2. The van der Waals surface area contributed by atoms with Crippen LogP contribution in [0.3, 0.4) is 0 Å². The van der Waals surface area contributed by atoms with E-state index >= 15 is 0 Å². The van der Waals surface area contributed by atoms with Gasteiger partial charge in [0.15, 0.2) is 0 Å². The molecule has 0 rings (SSSR count). The summed E-state index contributed by atoms with van der Waals surface area (Å²) in [5, 5.41) is 16.9. The minimum absolute atomic E-state index is 0.475. The molecule has 0 unspecified atom stereocenters. The van der Waals surface area contributed by atoms with E-state index in [1.165, 1.54) is 0 Å². The average Bonchev–Trinajstić information content (AvgIpc) is 1.99. The Bertz CT molecular complexity index is 263. The Balaban J connectivity index is 4.47. The first-order valence-electron chi connectivity index (χ1n) is 3.71. The Labute approximate surface area is 79.5 Å². The van der Waals surface area contributed by atoms with Crippen molar-refractivity contribution in [1.82, 2.24) is 0 Å². The van der Waals surface area contributed by atoms with Crippen LogP contribution in [0.5, 0.6) is 0 Å². The van der Waals surface area contributed by atoms with Crippen LogP contribution in [0.2, 0.25) is 0 Å². The van der Waals surface area contributed by atoms with Crippen molar-refractivity contribution in [2.75, 3.05) is 0 Å². The molecule has 0 radical (unpaired) electrons. The Morgan fingerprint density at radius 1 is 1.36 bits per heavy atom. The molecule has 14 heavy (non-hydrogen) atoms. The lowest BCUT2D eigenvalue weighted by Crippen LogP contribution is -2.51. The highest BCUT2D eigenvalue weighted by Crippen LogP contribution is 2.12. The highest BCUT2D eigenvalue weighted by atomic mass is 16.6. The molecule has 0 aliphatic carbocycles. The number of hydrogen-bond acceptors (Lipinski definition) is 5. The third kappa shape index (κ3) is 3.85. The molecule has 0 bridgehead atoms. The van der Waals surface area contributed by atoms with E-state index in [0.717, 1.165) is 6.92 Å². The molecule has 0 aromatic carbocycles. The third-order valence-electron chi connectivity index (χ3n) is 1.40. The standard InChI is InChI=1S/C7H11NO6/c1-4(9)14-7(8,6(12)13)3-2-5(10)11/h2-3,8H2,1H3,(H,10,11)(H,12,13)/t7-/m0/s1. The smallest absolute Gasteiger partial charge is 0.363 e. The van der Waals surface area contributed by atoms with Crippen LogP contribution in [0.15, 0.2) is 0 Å². The fourth-order valence-corrected chi connectivity index (χ4v) is 0.751. The Morgan fingerprint density at radius 3 is 2.14 bits per heavy atom. The van der Waals surface area contributed by atoms with Crippen molar-refractivity contribution >= 4 is 17.9 Å². The molecule has 7 heteroatoms. The summed E-state index contributed by atoms with van der Waals surface area (Å²) in [6.07, 6.45) is -0.965. The predicted octanol–water partition coefficient (Wildman–Crippen LogP) is -0.846. The predicted molar refractivity (Wildman–Crippen MR) is 43.2 cm³/mol. The van der Waals surface area contributed by atoms with Gasteiger partial charge >= 0.3 is 17.9 Å². The number of carbonyl (C=O) groups is 3. The summed E-state index contributed by atoms with van der Waals surface area (Å²) >= 11 is 0. The number of carbonyl (C=O) groups excluding carboxylic acids is 1.